The largest absolute Gasteiger partial charge is 0.477 e. The summed E-state index contributed by atoms with van der Waals surface area (Å²) in [5, 5.41) is 7.61. The van der Waals surface area contributed by atoms with Crippen molar-refractivity contribution in [3.05, 3.63) is 24.7 Å². The zero-order chi connectivity index (χ0) is 22.2. The lowest BCUT2D eigenvalue weighted by molar-refractivity contribution is -0.182. The third kappa shape index (κ3) is 4.42. The van der Waals surface area contributed by atoms with E-state index in [9.17, 15) is 18.0 Å². The van der Waals surface area contributed by atoms with Crippen LogP contribution in [0.4, 0.5) is 24.8 Å². The summed E-state index contributed by atoms with van der Waals surface area (Å²) in [4.78, 5) is 24.8. The number of carbonyl (C=O) groups excluding carboxylic acids is 1. The van der Waals surface area contributed by atoms with Crippen molar-refractivity contribution in [2.24, 2.45) is 18.9 Å². The Kier molecular flexibility index (Phi) is 5.46. The number of hydrogen-bond acceptors (Lipinski definition) is 6. The Morgan fingerprint density at radius 3 is 2.84 bits per heavy atom. The number of anilines is 2. The number of fused-ring (bicyclic) bond motifs is 1. The van der Waals surface area contributed by atoms with Crippen LogP contribution in [0.2, 0.25) is 0 Å². The summed E-state index contributed by atoms with van der Waals surface area (Å²) < 4.78 is 48.0. The second kappa shape index (κ2) is 8.08. The molecule has 1 amide bonds. The first-order chi connectivity index (χ1) is 14.7. The van der Waals surface area contributed by atoms with Gasteiger partial charge in [0.05, 0.1) is 29.8 Å². The second-order valence-electron chi connectivity index (χ2n) is 7.49. The van der Waals surface area contributed by atoms with Crippen molar-refractivity contribution < 1.29 is 22.7 Å². The van der Waals surface area contributed by atoms with Crippen molar-refractivity contribution >= 4 is 28.6 Å². The standard InChI is InChI=1S/C19H22F3N7O2/c1-3-15(30)29-7-11(14(9-29)19(20,21)22)10-31-17-13-4-5-23-16(13)26-18(27-17)25-12-6-24-28(2)8-12/h4-6,8,11,14H,3,7,9-10H2,1-2H3,(H2,23,25,26,27)/t11-,14+/m1/s1. The highest BCUT2D eigenvalue weighted by molar-refractivity contribution is 5.82. The number of halogens is 3. The predicted molar refractivity (Wildman–Crippen MR) is 106 cm³/mol. The van der Waals surface area contributed by atoms with Gasteiger partial charge in [-0.3, -0.25) is 9.48 Å². The quantitative estimate of drug-likeness (QED) is 0.615. The van der Waals surface area contributed by atoms with E-state index >= 15 is 0 Å². The normalized spacial score (nSPS) is 19.2. The van der Waals surface area contributed by atoms with Crippen LogP contribution >= 0.6 is 0 Å². The lowest BCUT2D eigenvalue weighted by Gasteiger charge is -2.21. The van der Waals surface area contributed by atoms with Gasteiger partial charge in [0, 0.05) is 44.9 Å². The number of ether oxygens (including phenoxy) is 1. The molecular weight excluding hydrogens is 415 g/mol. The zero-order valence-electron chi connectivity index (χ0n) is 17.0. The molecule has 31 heavy (non-hydrogen) atoms. The van der Waals surface area contributed by atoms with E-state index in [0.717, 1.165) is 0 Å². The molecule has 0 bridgehead atoms. The Bertz CT molecular complexity index is 1080. The van der Waals surface area contributed by atoms with Crippen molar-refractivity contribution in [1.29, 1.82) is 0 Å². The molecule has 1 aliphatic heterocycles. The smallest absolute Gasteiger partial charge is 0.393 e. The molecule has 0 unspecified atom stereocenters. The Hall–Kier alpha value is -3.31. The summed E-state index contributed by atoms with van der Waals surface area (Å²) in [5.74, 6) is -2.43. The third-order valence-corrected chi connectivity index (χ3v) is 5.29. The fraction of sp³-hybridized carbons (Fsp3) is 0.474. The van der Waals surface area contributed by atoms with Gasteiger partial charge in [-0.05, 0) is 6.07 Å². The van der Waals surface area contributed by atoms with Crippen LogP contribution in [0.1, 0.15) is 13.3 Å². The first-order valence-corrected chi connectivity index (χ1v) is 9.82. The number of nitrogens with one attached hydrogen (secondary N) is 2. The first kappa shape index (κ1) is 20.9. The van der Waals surface area contributed by atoms with Crippen molar-refractivity contribution in [1.82, 2.24) is 29.6 Å². The van der Waals surface area contributed by atoms with E-state index in [-0.39, 0.29) is 43.9 Å². The lowest BCUT2D eigenvalue weighted by Crippen LogP contribution is -2.33. The number of likely N-dealkylation sites (tertiary alicyclic amines) is 1. The Morgan fingerprint density at radius 2 is 2.16 bits per heavy atom. The monoisotopic (exact) mass is 437 g/mol. The molecule has 0 saturated carbocycles. The summed E-state index contributed by atoms with van der Waals surface area (Å²) in [6.07, 6.45) is 0.718. The number of carbonyl (C=O) groups is 1. The molecule has 0 aromatic carbocycles. The van der Waals surface area contributed by atoms with Crippen LogP contribution < -0.4 is 10.1 Å². The Balaban J connectivity index is 1.54. The highest BCUT2D eigenvalue weighted by Crippen LogP contribution is 2.38. The van der Waals surface area contributed by atoms with Gasteiger partial charge in [-0.15, -0.1) is 0 Å². The number of aromatic amines is 1. The molecule has 166 valence electrons. The van der Waals surface area contributed by atoms with Gasteiger partial charge >= 0.3 is 6.18 Å². The molecule has 2 atom stereocenters. The van der Waals surface area contributed by atoms with Gasteiger partial charge in [0.15, 0.2) is 0 Å². The predicted octanol–water partition coefficient (Wildman–Crippen LogP) is 2.86. The number of nitrogens with zero attached hydrogens (tertiary/aromatic N) is 5. The SMILES string of the molecule is CCC(=O)N1C[C@H](COc2nc(Nc3cnn(C)c3)nc3[nH]ccc23)[C@@H](C(F)(F)F)C1. The van der Waals surface area contributed by atoms with E-state index in [0.29, 0.717) is 16.7 Å². The number of amides is 1. The Labute approximate surface area is 175 Å². The van der Waals surface area contributed by atoms with E-state index in [1.54, 1.807) is 43.3 Å². The highest BCUT2D eigenvalue weighted by atomic mass is 19.4. The molecule has 4 heterocycles. The molecule has 4 rings (SSSR count). The number of hydrogen-bond donors (Lipinski definition) is 2. The fourth-order valence-electron chi connectivity index (χ4n) is 3.72. The number of H-pyrrole nitrogens is 1. The lowest BCUT2D eigenvalue weighted by atomic mass is 9.96. The van der Waals surface area contributed by atoms with Crippen LogP contribution in [0.3, 0.4) is 0 Å². The number of alkyl halides is 3. The molecule has 12 heteroatoms. The fourth-order valence-corrected chi connectivity index (χ4v) is 3.72. The van der Waals surface area contributed by atoms with E-state index in [4.69, 9.17) is 4.74 Å². The molecule has 1 aliphatic rings. The van der Waals surface area contributed by atoms with Crippen LogP contribution in [-0.2, 0) is 11.8 Å². The van der Waals surface area contributed by atoms with Gasteiger partial charge in [-0.1, -0.05) is 6.92 Å². The van der Waals surface area contributed by atoms with E-state index in [2.05, 4.69) is 25.4 Å². The van der Waals surface area contributed by atoms with E-state index in [1.165, 1.54) is 4.90 Å². The van der Waals surface area contributed by atoms with Gasteiger partial charge in [-0.2, -0.15) is 28.2 Å². The zero-order valence-corrected chi connectivity index (χ0v) is 17.0. The molecule has 1 fully saturated rings. The number of aryl methyl sites for hydroxylation is 1. The molecule has 0 radical (unpaired) electrons. The summed E-state index contributed by atoms with van der Waals surface area (Å²) in [7, 11) is 1.76. The van der Waals surface area contributed by atoms with E-state index < -0.39 is 18.0 Å². The maximum atomic E-state index is 13.5. The van der Waals surface area contributed by atoms with Crippen LogP contribution in [0.5, 0.6) is 5.88 Å². The minimum absolute atomic E-state index is 0.000987. The van der Waals surface area contributed by atoms with Gasteiger partial charge in [0.1, 0.15) is 5.65 Å². The summed E-state index contributed by atoms with van der Waals surface area (Å²) >= 11 is 0. The van der Waals surface area contributed by atoms with Crippen LogP contribution in [-0.4, -0.2) is 61.4 Å². The second-order valence-corrected chi connectivity index (χ2v) is 7.49. The van der Waals surface area contributed by atoms with Gasteiger partial charge in [0.25, 0.3) is 0 Å². The minimum atomic E-state index is -4.42. The average molecular weight is 437 g/mol. The van der Waals surface area contributed by atoms with Crippen molar-refractivity contribution in [2.75, 3.05) is 25.0 Å². The molecular formula is C19H22F3N7O2. The average Bonchev–Trinajstić information content (AvgIpc) is 3.44. The number of rotatable bonds is 6. The van der Waals surface area contributed by atoms with Crippen LogP contribution in [0.15, 0.2) is 24.7 Å². The first-order valence-electron chi connectivity index (χ1n) is 9.82. The molecule has 9 nitrogen and oxygen atoms in total. The molecule has 0 aliphatic carbocycles. The summed E-state index contributed by atoms with van der Waals surface area (Å²) in [5.41, 5.74) is 1.14. The van der Waals surface area contributed by atoms with Gasteiger partial charge in [-0.25, -0.2) is 0 Å². The minimum Gasteiger partial charge on any atom is -0.477 e. The van der Waals surface area contributed by atoms with Crippen molar-refractivity contribution in [3.63, 3.8) is 0 Å². The maximum Gasteiger partial charge on any atom is 0.393 e. The van der Waals surface area contributed by atoms with E-state index in [1.807, 2.05) is 0 Å². The highest BCUT2D eigenvalue weighted by Gasteiger charge is 2.50. The number of aromatic nitrogens is 5. The molecule has 3 aromatic heterocycles. The topological polar surface area (TPSA) is 101 Å². The van der Waals surface area contributed by atoms with Crippen molar-refractivity contribution in [2.45, 2.75) is 19.5 Å². The molecule has 3 aromatic rings. The third-order valence-electron chi connectivity index (χ3n) is 5.29. The van der Waals surface area contributed by atoms with Crippen molar-refractivity contribution in [3.8, 4) is 5.88 Å². The summed E-state index contributed by atoms with van der Waals surface area (Å²) in [6.45, 7) is 1.07. The van der Waals surface area contributed by atoms with Gasteiger partial charge < -0.3 is 19.9 Å². The van der Waals surface area contributed by atoms with Gasteiger partial charge in [0.2, 0.25) is 17.7 Å². The molecule has 1 saturated heterocycles. The molecule has 0 spiro atoms. The van der Waals surface area contributed by atoms with Crippen LogP contribution in [0.25, 0.3) is 11.0 Å². The summed E-state index contributed by atoms with van der Waals surface area (Å²) in [6, 6.07) is 1.70. The van der Waals surface area contributed by atoms with Crippen LogP contribution in [0, 0.1) is 11.8 Å². The Morgan fingerprint density at radius 1 is 1.35 bits per heavy atom. The molecule has 2 N–H and O–H groups in total. The maximum absolute atomic E-state index is 13.5.